The van der Waals surface area contributed by atoms with Crippen LogP contribution in [-0.2, 0) is 11.3 Å². The highest BCUT2D eigenvalue weighted by atomic mass is 16.2. The molecular formula is C21H17N3O. The number of nitrogens with zero attached hydrogens (tertiary/aromatic N) is 2. The maximum Gasteiger partial charge on any atom is 0.259 e. The molecule has 1 aromatic heterocycles. The SMILES string of the molecule is O=C(Cn1ccc2ccccc21)N/N=C/c1ccc2ccccc2c1. The molecule has 0 aliphatic carbocycles. The number of nitrogens with one attached hydrogen (secondary N) is 1. The minimum absolute atomic E-state index is 0.154. The topological polar surface area (TPSA) is 46.4 Å². The van der Waals surface area contributed by atoms with E-state index < -0.39 is 0 Å². The molecule has 0 saturated heterocycles. The van der Waals surface area contributed by atoms with Gasteiger partial charge in [-0.1, -0.05) is 54.6 Å². The normalized spacial score (nSPS) is 11.4. The predicted octanol–water partition coefficient (Wildman–Crippen LogP) is 3.94. The Bertz CT molecular complexity index is 1080. The lowest BCUT2D eigenvalue weighted by Gasteiger charge is -2.04. The molecule has 4 nitrogen and oxygen atoms in total. The Morgan fingerprint density at radius 3 is 2.56 bits per heavy atom. The number of fused-ring (bicyclic) bond motifs is 2. The summed E-state index contributed by atoms with van der Waals surface area (Å²) in [6.45, 7) is 0.239. The van der Waals surface area contributed by atoms with Gasteiger partial charge < -0.3 is 4.57 Å². The van der Waals surface area contributed by atoms with Crippen LogP contribution >= 0.6 is 0 Å². The van der Waals surface area contributed by atoms with Crippen molar-refractivity contribution in [3.8, 4) is 0 Å². The van der Waals surface area contributed by atoms with Gasteiger partial charge in [0.15, 0.2) is 0 Å². The second kappa shape index (κ2) is 6.61. The zero-order chi connectivity index (χ0) is 17.1. The van der Waals surface area contributed by atoms with Crippen LogP contribution in [0.3, 0.4) is 0 Å². The van der Waals surface area contributed by atoms with Gasteiger partial charge in [-0.2, -0.15) is 5.10 Å². The van der Waals surface area contributed by atoms with Crippen molar-refractivity contribution in [3.63, 3.8) is 0 Å². The predicted molar refractivity (Wildman–Crippen MR) is 102 cm³/mol. The average molecular weight is 327 g/mol. The summed E-state index contributed by atoms with van der Waals surface area (Å²) in [4.78, 5) is 12.1. The van der Waals surface area contributed by atoms with Crippen molar-refractivity contribution in [2.24, 2.45) is 5.10 Å². The molecule has 4 aromatic rings. The summed E-state index contributed by atoms with van der Waals surface area (Å²) in [5.41, 5.74) is 4.58. The molecule has 1 N–H and O–H groups in total. The molecule has 122 valence electrons. The van der Waals surface area contributed by atoms with E-state index in [1.165, 1.54) is 5.39 Å². The molecule has 0 radical (unpaired) electrons. The van der Waals surface area contributed by atoms with E-state index in [1.54, 1.807) is 6.21 Å². The van der Waals surface area contributed by atoms with E-state index in [2.05, 4.69) is 22.7 Å². The Balaban J connectivity index is 1.43. The quantitative estimate of drug-likeness (QED) is 0.448. The Kier molecular flexibility index (Phi) is 4.01. The molecule has 3 aromatic carbocycles. The maximum absolute atomic E-state index is 12.1. The minimum atomic E-state index is -0.154. The Labute approximate surface area is 145 Å². The number of carbonyl (C=O) groups excluding carboxylic acids is 1. The van der Waals surface area contributed by atoms with Gasteiger partial charge in [-0.25, -0.2) is 5.43 Å². The van der Waals surface area contributed by atoms with E-state index in [4.69, 9.17) is 0 Å². The highest BCUT2D eigenvalue weighted by molar-refractivity contribution is 5.91. The summed E-state index contributed by atoms with van der Waals surface area (Å²) in [6, 6.07) is 24.2. The molecule has 1 heterocycles. The number of benzene rings is 3. The van der Waals surface area contributed by atoms with Gasteiger partial charge in [-0.15, -0.1) is 0 Å². The highest BCUT2D eigenvalue weighted by Gasteiger charge is 2.04. The largest absolute Gasteiger partial charge is 0.338 e. The number of amides is 1. The second-order valence-corrected chi connectivity index (χ2v) is 5.90. The summed E-state index contributed by atoms with van der Waals surface area (Å²) in [5, 5.41) is 7.52. The van der Waals surface area contributed by atoms with Crippen LogP contribution in [0.1, 0.15) is 5.56 Å². The van der Waals surface area contributed by atoms with Gasteiger partial charge >= 0.3 is 0 Å². The summed E-state index contributed by atoms with van der Waals surface area (Å²) in [6.07, 6.45) is 3.58. The van der Waals surface area contributed by atoms with Crippen molar-refractivity contribution in [3.05, 3.63) is 84.6 Å². The summed E-state index contributed by atoms with van der Waals surface area (Å²) >= 11 is 0. The summed E-state index contributed by atoms with van der Waals surface area (Å²) in [5.74, 6) is -0.154. The Morgan fingerprint density at radius 2 is 1.68 bits per heavy atom. The van der Waals surface area contributed by atoms with Crippen LogP contribution in [0.15, 0.2) is 84.1 Å². The van der Waals surface area contributed by atoms with Crippen LogP contribution in [0.2, 0.25) is 0 Å². The Morgan fingerprint density at radius 1 is 0.920 bits per heavy atom. The summed E-state index contributed by atoms with van der Waals surface area (Å²) in [7, 11) is 0. The van der Waals surface area contributed by atoms with Crippen molar-refractivity contribution >= 4 is 33.8 Å². The van der Waals surface area contributed by atoms with E-state index in [9.17, 15) is 4.79 Å². The van der Waals surface area contributed by atoms with Crippen LogP contribution in [0.5, 0.6) is 0 Å². The molecule has 4 rings (SSSR count). The zero-order valence-corrected chi connectivity index (χ0v) is 13.6. The number of aromatic nitrogens is 1. The molecule has 0 bridgehead atoms. The molecule has 1 amide bonds. The van der Waals surface area contributed by atoms with Crippen molar-refractivity contribution in [2.45, 2.75) is 6.54 Å². The van der Waals surface area contributed by atoms with Crippen LogP contribution in [0.25, 0.3) is 21.7 Å². The summed E-state index contributed by atoms with van der Waals surface area (Å²) < 4.78 is 1.91. The van der Waals surface area contributed by atoms with Gasteiger partial charge in [0, 0.05) is 11.7 Å². The van der Waals surface area contributed by atoms with Crippen LogP contribution in [0.4, 0.5) is 0 Å². The number of hydrazone groups is 1. The fraction of sp³-hybridized carbons (Fsp3) is 0.0476. The van der Waals surface area contributed by atoms with Crippen molar-refractivity contribution in [1.82, 2.24) is 9.99 Å². The van der Waals surface area contributed by atoms with Gasteiger partial charge in [-0.3, -0.25) is 4.79 Å². The lowest BCUT2D eigenvalue weighted by Crippen LogP contribution is -2.22. The van der Waals surface area contributed by atoms with Gasteiger partial charge in [-0.05, 0) is 39.9 Å². The van der Waals surface area contributed by atoms with Gasteiger partial charge in [0.2, 0.25) is 0 Å². The molecule has 0 spiro atoms. The first-order valence-corrected chi connectivity index (χ1v) is 8.14. The van der Waals surface area contributed by atoms with Gasteiger partial charge in [0.25, 0.3) is 5.91 Å². The van der Waals surface area contributed by atoms with Crippen LogP contribution in [-0.4, -0.2) is 16.7 Å². The number of carbonyl (C=O) groups is 1. The van der Waals surface area contributed by atoms with Gasteiger partial charge in [0.05, 0.1) is 6.21 Å². The number of hydrogen-bond donors (Lipinski definition) is 1. The molecule has 0 atom stereocenters. The third-order valence-electron chi connectivity index (χ3n) is 4.17. The fourth-order valence-corrected chi connectivity index (χ4v) is 2.94. The standard InChI is InChI=1S/C21H17N3O/c25-21(15-24-12-11-18-6-3-4-8-20(18)24)23-22-14-16-9-10-17-5-1-2-7-19(17)13-16/h1-14H,15H2,(H,23,25)/b22-14+. The zero-order valence-electron chi connectivity index (χ0n) is 13.6. The molecule has 0 fully saturated rings. The molecule has 25 heavy (non-hydrogen) atoms. The maximum atomic E-state index is 12.1. The monoisotopic (exact) mass is 327 g/mol. The van der Waals surface area contributed by atoms with Crippen molar-refractivity contribution in [2.75, 3.05) is 0 Å². The highest BCUT2D eigenvalue weighted by Crippen LogP contribution is 2.15. The second-order valence-electron chi connectivity index (χ2n) is 5.90. The van der Waals surface area contributed by atoms with E-state index in [0.717, 1.165) is 21.9 Å². The molecular weight excluding hydrogens is 310 g/mol. The number of hydrogen-bond acceptors (Lipinski definition) is 2. The average Bonchev–Trinajstić information content (AvgIpc) is 3.05. The molecule has 0 aliphatic rings. The van der Waals surface area contributed by atoms with Crippen LogP contribution < -0.4 is 5.43 Å². The third-order valence-corrected chi connectivity index (χ3v) is 4.17. The van der Waals surface area contributed by atoms with E-state index in [1.807, 2.05) is 71.4 Å². The van der Waals surface area contributed by atoms with Gasteiger partial charge in [0.1, 0.15) is 6.54 Å². The first-order chi connectivity index (χ1) is 12.3. The third kappa shape index (κ3) is 3.28. The molecule has 4 heteroatoms. The van der Waals surface area contributed by atoms with E-state index in [-0.39, 0.29) is 12.5 Å². The Hall–Kier alpha value is -3.40. The van der Waals surface area contributed by atoms with E-state index in [0.29, 0.717) is 0 Å². The smallest absolute Gasteiger partial charge is 0.259 e. The lowest BCUT2D eigenvalue weighted by atomic mass is 10.1. The number of rotatable bonds is 4. The molecule has 0 aliphatic heterocycles. The first kappa shape index (κ1) is 15.1. The van der Waals surface area contributed by atoms with Crippen molar-refractivity contribution < 1.29 is 4.79 Å². The van der Waals surface area contributed by atoms with Crippen molar-refractivity contribution in [1.29, 1.82) is 0 Å². The van der Waals surface area contributed by atoms with E-state index >= 15 is 0 Å². The first-order valence-electron chi connectivity index (χ1n) is 8.14. The molecule has 0 saturated carbocycles. The minimum Gasteiger partial charge on any atom is -0.338 e. The number of para-hydroxylation sites is 1. The lowest BCUT2D eigenvalue weighted by molar-refractivity contribution is -0.121. The van der Waals surface area contributed by atoms with Crippen LogP contribution in [0, 0.1) is 0 Å². The fourth-order valence-electron chi connectivity index (χ4n) is 2.94. The molecule has 0 unspecified atom stereocenters.